The molecule has 0 saturated carbocycles. The van der Waals surface area contributed by atoms with Crippen molar-refractivity contribution in [1.82, 2.24) is 5.32 Å². The van der Waals surface area contributed by atoms with E-state index in [0.717, 1.165) is 0 Å². The van der Waals surface area contributed by atoms with Crippen molar-refractivity contribution in [1.29, 1.82) is 0 Å². The Hall–Kier alpha value is -1.05. The SMILES string of the molecule is O=S1(=O)CC(Cl)C(NC(=S)Nc2ccccc2O)C1. The van der Waals surface area contributed by atoms with E-state index in [1.165, 1.54) is 6.07 Å². The molecule has 5 nitrogen and oxygen atoms in total. The average Bonchev–Trinajstić information content (AvgIpc) is 2.55. The lowest BCUT2D eigenvalue weighted by atomic mass is 10.2. The zero-order valence-corrected chi connectivity index (χ0v) is 12.2. The second kappa shape index (κ2) is 5.52. The molecular weight excluding hydrogens is 308 g/mol. The van der Waals surface area contributed by atoms with E-state index in [0.29, 0.717) is 5.69 Å². The number of rotatable bonds is 2. The lowest BCUT2D eigenvalue weighted by Crippen LogP contribution is -2.42. The number of para-hydroxylation sites is 2. The van der Waals surface area contributed by atoms with E-state index in [-0.39, 0.29) is 22.4 Å². The van der Waals surface area contributed by atoms with Gasteiger partial charge in [-0.05, 0) is 24.4 Å². The maximum Gasteiger partial charge on any atom is 0.171 e. The van der Waals surface area contributed by atoms with E-state index in [1.807, 2.05) is 0 Å². The molecule has 0 aromatic heterocycles. The van der Waals surface area contributed by atoms with Crippen LogP contribution in [0.1, 0.15) is 0 Å². The number of hydrogen-bond acceptors (Lipinski definition) is 4. The van der Waals surface area contributed by atoms with E-state index >= 15 is 0 Å². The molecule has 2 rings (SSSR count). The Morgan fingerprint density at radius 2 is 2.05 bits per heavy atom. The predicted octanol–water partition coefficient (Wildman–Crippen LogP) is 1.08. The number of sulfone groups is 1. The van der Waals surface area contributed by atoms with E-state index in [4.69, 9.17) is 23.8 Å². The van der Waals surface area contributed by atoms with Crippen LogP contribution < -0.4 is 10.6 Å². The summed E-state index contributed by atoms with van der Waals surface area (Å²) >= 11 is 11.0. The first kappa shape index (κ1) is 14.4. The molecule has 104 valence electrons. The Labute approximate surface area is 121 Å². The van der Waals surface area contributed by atoms with Crippen molar-refractivity contribution in [3.05, 3.63) is 24.3 Å². The van der Waals surface area contributed by atoms with Crippen molar-refractivity contribution in [3.63, 3.8) is 0 Å². The Kier molecular flexibility index (Phi) is 4.17. The second-order valence-electron chi connectivity index (χ2n) is 4.32. The van der Waals surface area contributed by atoms with Crippen LogP contribution in [0.2, 0.25) is 0 Å². The van der Waals surface area contributed by atoms with Gasteiger partial charge >= 0.3 is 0 Å². The summed E-state index contributed by atoms with van der Waals surface area (Å²) in [5, 5.41) is 15.0. The Balaban J connectivity index is 1.98. The van der Waals surface area contributed by atoms with Crippen LogP contribution in [0.25, 0.3) is 0 Å². The molecule has 0 spiro atoms. The van der Waals surface area contributed by atoms with Gasteiger partial charge in [-0.1, -0.05) is 12.1 Å². The highest BCUT2D eigenvalue weighted by Crippen LogP contribution is 2.22. The average molecular weight is 321 g/mol. The number of alkyl halides is 1. The Morgan fingerprint density at radius 1 is 1.37 bits per heavy atom. The highest BCUT2D eigenvalue weighted by molar-refractivity contribution is 7.91. The first-order valence-corrected chi connectivity index (χ1v) is 8.24. The fraction of sp³-hybridized carbons (Fsp3) is 0.364. The number of thiocarbonyl (C=S) groups is 1. The topological polar surface area (TPSA) is 78.4 Å². The number of halogens is 1. The molecular formula is C11H13ClN2O3S2. The van der Waals surface area contributed by atoms with Crippen LogP contribution in [-0.2, 0) is 9.84 Å². The monoisotopic (exact) mass is 320 g/mol. The first-order chi connectivity index (χ1) is 8.87. The minimum atomic E-state index is -3.10. The van der Waals surface area contributed by atoms with Crippen molar-refractivity contribution < 1.29 is 13.5 Å². The van der Waals surface area contributed by atoms with Gasteiger partial charge < -0.3 is 15.7 Å². The molecule has 1 aliphatic heterocycles. The number of aromatic hydroxyl groups is 1. The largest absolute Gasteiger partial charge is 0.506 e. The fourth-order valence-corrected chi connectivity index (χ4v) is 4.65. The first-order valence-electron chi connectivity index (χ1n) is 5.57. The summed E-state index contributed by atoms with van der Waals surface area (Å²) in [7, 11) is -3.10. The highest BCUT2D eigenvalue weighted by atomic mass is 35.5. The fourth-order valence-electron chi connectivity index (χ4n) is 1.84. The van der Waals surface area contributed by atoms with Gasteiger partial charge in [-0.3, -0.25) is 0 Å². The summed E-state index contributed by atoms with van der Waals surface area (Å²) in [6.07, 6.45) is 0. The molecule has 0 amide bonds. The van der Waals surface area contributed by atoms with Gasteiger partial charge in [0, 0.05) is 0 Å². The number of benzene rings is 1. The molecule has 1 saturated heterocycles. The molecule has 1 aliphatic rings. The Bertz CT molecular complexity index is 591. The maximum absolute atomic E-state index is 11.4. The normalized spacial score (nSPS) is 24.9. The van der Waals surface area contributed by atoms with E-state index < -0.39 is 21.3 Å². The molecule has 1 aromatic rings. The summed E-state index contributed by atoms with van der Waals surface area (Å²) in [4.78, 5) is 0. The molecule has 19 heavy (non-hydrogen) atoms. The quantitative estimate of drug-likeness (QED) is 0.430. The van der Waals surface area contributed by atoms with Gasteiger partial charge in [0.2, 0.25) is 0 Å². The van der Waals surface area contributed by atoms with Crippen LogP contribution in [0.4, 0.5) is 5.69 Å². The predicted molar refractivity (Wildman–Crippen MR) is 79.5 cm³/mol. The summed E-state index contributed by atoms with van der Waals surface area (Å²) in [5.41, 5.74) is 0.451. The molecule has 2 unspecified atom stereocenters. The summed E-state index contributed by atoms with van der Waals surface area (Å²) < 4.78 is 22.8. The molecule has 1 heterocycles. The van der Waals surface area contributed by atoms with Gasteiger partial charge in [0.15, 0.2) is 14.9 Å². The third-order valence-corrected chi connectivity index (χ3v) is 5.35. The molecule has 3 N–H and O–H groups in total. The van der Waals surface area contributed by atoms with Gasteiger partial charge in [-0.15, -0.1) is 11.6 Å². The van der Waals surface area contributed by atoms with Crippen molar-refractivity contribution in [2.45, 2.75) is 11.4 Å². The van der Waals surface area contributed by atoms with Crippen molar-refractivity contribution in [2.75, 3.05) is 16.8 Å². The smallest absolute Gasteiger partial charge is 0.171 e. The molecule has 8 heteroatoms. The van der Waals surface area contributed by atoms with Gasteiger partial charge in [-0.25, -0.2) is 8.42 Å². The highest BCUT2D eigenvalue weighted by Gasteiger charge is 2.36. The third kappa shape index (κ3) is 3.71. The van der Waals surface area contributed by atoms with Crippen LogP contribution in [-0.4, -0.2) is 41.6 Å². The van der Waals surface area contributed by atoms with E-state index in [9.17, 15) is 13.5 Å². The molecule has 1 fully saturated rings. The van der Waals surface area contributed by atoms with Crippen LogP contribution in [0.15, 0.2) is 24.3 Å². The van der Waals surface area contributed by atoms with Crippen molar-refractivity contribution >= 4 is 44.5 Å². The minimum Gasteiger partial charge on any atom is -0.506 e. The van der Waals surface area contributed by atoms with E-state index in [1.54, 1.807) is 18.2 Å². The van der Waals surface area contributed by atoms with Gasteiger partial charge in [0.05, 0.1) is 28.6 Å². The van der Waals surface area contributed by atoms with Crippen molar-refractivity contribution in [2.24, 2.45) is 0 Å². The van der Waals surface area contributed by atoms with Gasteiger partial charge in [0.25, 0.3) is 0 Å². The number of nitrogens with one attached hydrogen (secondary N) is 2. The molecule has 0 bridgehead atoms. The van der Waals surface area contributed by atoms with Crippen LogP contribution in [0.3, 0.4) is 0 Å². The summed E-state index contributed by atoms with van der Waals surface area (Å²) in [6.45, 7) is 0. The van der Waals surface area contributed by atoms with Crippen molar-refractivity contribution in [3.8, 4) is 5.75 Å². The number of anilines is 1. The molecule has 1 aromatic carbocycles. The molecule has 0 aliphatic carbocycles. The zero-order chi connectivity index (χ0) is 14.0. The van der Waals surface area contributed by atoms with Gasteiger partial charge in [-0.2, -0.15) is 0 Å². The van der Waals surface area contributed by atoms with Gasteiger partial charge in [0.1, 0.15) is 5.75 Å². The van der Waals surface area contributed by atoms with Crippen LogP contribution in [0.5, 0.6) is 5.75 Å². The Morgan fingerprint density at radius 3 is 2.63 bits per heavy atom. The zero-order valence-electron chi connectivity index (χ0n) is 9.84. The number of phenolic OH excluding ortho intramolecular Hbond substituents is 1. The lowest BCUT2D eigenvalue weighted by molar-refractivity contribution is 0.478. The summed E-state index contributed by atoms with van der Waals surface area (Å²) in [5.74, 6) is -0.0250. The molecule has 0 radical (unpaired) electrons. The second-order valence-corrected chi connectivity index (χ2v) is 7.44. The third-order valence-electron chi connectivity index (χ3n) is 2.75. The molecule has 2 atom stereocenters. The summed E-state index contributed by atoms with van der Waals surface area (Å²) in [6, 6.07) is 6.20. The maximum atomic E-state index is 11.4. The standard InChI is InChI=1S/C11H13ClN2O3S2/c12-7-5-19(16,17)6-9(7)14-11(18)13-8-3-1-2-4-10(8)15/h1-4,7,9,15H,5-6H2,(H2,13,14,18). The lowest BCUT2D eigenvalue weighted by Gasteiger charge is -2.17. The van der Waals surface area contributed by atoms with Crippen LogP contribution >= 0.6 is 23.8 Å². The number of hydrogen-bond donors (Lipinski definition) is 3. The minimum absolute atomic E-state index is 0.0379. The van der Waals surface area contributed by atoms with Crippen LogP contribution in [0, 0.1) is 0 Å². The van der Waals surface area contributed by atoms with E-state index in [2.05, 4.69) is 10.6 Å². The number of phenols is 1.